The molecule has 0 radical (unpaired) electrons. The standard InChI is InChI=1S/C12H17N3.C4H6O4/c1-15-7-3-5-9-11(13)8-4-2-6-10(8)14-12(9)15;5-3(6)1-2-4(7)8/h2-7H2,1H3,(H2,13,14);1-2H2,(H,5,6)(H,7,8). The first kappa shape index (κ1) is 17.1. The Morgan fingerprint density at radius 1 is 1.22 bits per heavy atom. The van der Waals surface area contributed by atoms with Crippen molar-refractivity contribution in [3.05, 3.63) is 16.8 Å². The van der Waals surface area contributed by atoms with Crippen molar-refractivity contribution in [1.29, 1.82) is 0 Å². The maximum absolute atomic E-state index is 9.61. The normalized spacial score (nSPS) is 15.3. The summed E-state index contributed by atoms with van der Waals surface area (Å²) in [6, 6.07) is 0. The average molecular weight is 321 g/mol. The van der Waals surface area contributed by atoms with Crippen molar-refractivity contribution < 1.29 is 24.8 Å². The Kier molecular flexibility index (Phi) is 5.41. The summed E-state index contributed by atoms with van der Waals surface area (Å²) in [6.45, 7) is 1.14. The first-order valence-electron chi connectivity index (χ1n) is 7.88. The zero-order chi connectivity index (χ0) is 17.0. The number of pyridine rings is 1. The molecule has 1 aliphatic carbocycles. The van der Waals surface area contributed by atoms with Gasteiger partial charge in [0.15, 0.2) is 0 Å². The minimum Gasteiger partial charge on any atom is -0.550 e. The summed E-state index contributed by atoms with van der Waals surface area (Å²) in [4.78, 5) is 25.0. The summed E-state index contributed by atoms with van der Waals surface area (Å²) in [5.74, 6) is -1.18. The molecule has 0 saturated carbocycles. The molecule has 7 nitrogen and oxygen atoms in total. The van der Waals surface area contributed by atoms with Gasteiger partial charge < -0.3 is 20.7 Å². The van der Waals surface area contributed by atoms with Gasteiger partial charge in [0.05, 0.1) is 31.3 Å². The van der Waals surface area contributed by atoms with E-state index in [0.717, 1.165) is 25.1 Å². The Balaban J connectivity index is 0.000000207. The number of aromatic nitrogens is 1. The second-order valence-corrected chi connectivity index (χ2v) is 5.97. The van der Waals surface area contributed by atoms with Gasteiger partial charge in [-0.05, 0) is 32.1 Å². The molecule has 23 heavy (non-hydrogen) atoms. The number of nitrogens with two attached hydrogens (primary N) is 1. The van der Waals surface area contributed by atoms with E-state index in [1.807, 2.05) is 0 Å². The van der Waals surface area contributed by atoms with Crippen LogP contribution in [0.25, 0.3) is 0 Å². The van der Waals surface area contributed by atoms with Gasteiger partial charge in [-0.25, -0.2) is 4.98 Å². The lowest BCUT2D eigenvalue weighted by atomic mass is 10.00. The third-order valence-corrected chi connectivity index (χ3v) is 4.27. The molecule has 0 aromatic carbocycles. The number of carbonyl (C=O) groups excluding carboxylic acids is 1. The van der Waals surface area contributed by atoms with E-state index in [2.05, 4.69) is 16.9 Å². The van der Waals surface area contributed by atoms with Gasteiger partial charge in [-0.3, -0.25) is 9.69 Å². The quantitative estimate of drug-likeness (QED) is 0.778. The van der Waals surface area contributed by atoms with E-state index >= 15 is 0 Å². The molecule has 0 fully saturated rings. The van der Waals surface area contributed by atoms with Crippen LogP contribution in [0.3, 0.4) is 0 Å². The van der Waals surface area contributed by atoms with Gasteiger partial charge in [0, 0.05) is 18.0 Å². The van der Waals surface area contributed by atoms with Crippen LogP contribution in [0.1, 0.15) is 42.5 Å². The van der Waals surface area contributed by atoms with Crippen LogP contribution in [-0.2, 0) is 28.9 Å². The van der Waals surface area contributed by atoms with Gasteiger partial charge in [0.2, 0.25) is 0 Å². The van der Waals surface area contributed by atoms with Crippen molar-refractivity contribution in [3.63, 3.8) is 0 Å². The Hall–Kier alpha value is -2.31. The summed E-state index contributed by atoms with van der Waals surface area (Å²) in [5, 5.41) is 17.4. The number of carbonyl (C=O) groups is 2. The van der Waals surface area contributed by atoms with Crippen molar-refractivity contribution in [3.8, 4) is 0 Å². The van der Waals surface area contributed by atoms with Gasteiger partial charge in [-0.15, -0.1) is 0 Å². The summed E-state index contributed by atoms with van der Waals surface area (Å²) < 4.78 is 0. The molecule has 2 heterocycles. The molecule has 0 atom stereocenters. The maximum Gasteiger partial charge on any atom is 0.303 e. The van der Waals surface area contributed by atoms with Crippen LogP contribution in [0, 0.1) is 0 Å². The van der Waals surface area contributed by atoms with Gasteiger partial charge >= 0.3 is 5.97 Å². The Morgan fingerprint density at radius 3 is 2.52 bits per heavy atom. The highest BCUT2D eigenvalue weighted by molar-refractivity contribution is 5.74. The highest BCUT2D eigenvalue weighted by atomic mass is 16.4. The number of rotatable bonds is 3. The SMILES string of the molecule is CN1CCCc2c1[nH+]c1c(c2N)CCC1.O=C([O-])CCC(=O)O. The van der Waals surface area contributed by atoms with Crippen LogP contribution in [0.2, 0.25) is 0 Å². The first-order chi connectivity index (χ1) is 10.9. The number of carboxylic acid groups (broad SMARTS) is 2. The fraction of sp³-hybridized carbons (Fsp3) is 0.562. The number of fused-ring (bicyclic) bond motifs is 2. The van der Waals surface area contributed by atoms with Crippen molar-refractivity contribution in [2.45, 2.75) is 44.9 Å². The molecule has 0 bridgehead atoms. The molecule has 0 spiro atoms. The van der Waals surface area contributed by atoms with Gasteiger partial charge in [0.25, 0.3) is 5.82 Å². The van der Waals surface area contributed by atoms with E-state index in [0.29, 0.717) is 0 Å². The van der Waals surface area contributed by atoms with E-state index in [9.17, 15) is 14.7 Å². The average Bonchev–Trinajstić information content (AvgIpc) is 2.96. The number of nitrogen functional groups attached to an aromatic ring is 1. The van der Waals surface area contributed by atoms with Crippen LogP contribution in [0.5, 0.6) is 0 Å². The van der Waals surface area contributed by atoms with E-state index in [1.54, 1.807) is 0 Å². The molecule has 1 aromatic rings. The number of hydrogen-bond acceptors (Lipinski definition) is 5. The lowest BCUT2D eigenvalue weighted by Gasteiger charge is -2.22. The van der Waals surface area contributed by atoms with Crippen molar-refractivity contribution >= 4 is 23.4 Å². The summed E-state index contributed by atoms with van der Waals surface area (Å²) in [6.07, 6.45) is 5.17. The monoisotopic (exact) mass is 321 g/mol. The smallest absolute Gasteiger partial charge is 0.303 e. The zero-order valence-corrected chi connectivity index (χ0v) is 13.4. The lowest BCUT2D eigenvalue weighted by molar-refractivity contribution is -0.376. The molecule has 0 unspecified atom stereocenters. The molecular formula is C16H23N3O4. The Labute approximate surface area is 135 Å². The fourth-order valence-electron chi connectivity index (χ4n) is 3.10. The molecule has 126 valence electrons. The lowest BCUT2D eigenvalue weighted by Crippen LogP contribution is -2.34. The van der Waals surface area contributed by atoms with E-state index in [1.165, 1.54) is 41.9 Å². The highest BCUT2D eigenvalue weighted by Gasteiger charge is 2.29. The number of nitrogens with zero attached hydrogens (tertiary/aromatic N) is 1. The van der Waals surface area contributed by atoms with Crippen molar-refractivity contribution in [2.75, 3.05) is 24.2 Å². The second kappa shape index (κ2) is 7.30. The largest absolute Gasteiger partial charge is 0.550 e. The minimum absolute atomic E-state index is 0.359. The third-order valence-electron chi connectivity index (χ3n) is 4.27. The number of carboxylic acids is 2. The second-order valence-electron chi connectivity index (χ2n) is 5.97. The van der Waals surface area contributed by atoms with Crippen molar-refractivity contribution in [2.24, 2.45) is 0 Å². The molecule has 0 amide bonds. The Bertz CT molecular complexity index is 602. The highest BCUT2D eigenvalue weighted by Crippen LogP contribution is 2.33. The maximum atomic E-state index is 9.61. The number of aliphatic carboxylic acids is 2. The number of H-pyrrole nitrogens is 1. The fourth-order valence-corrected chi connectivity index (χ4v) is 3.10. The van der Waals surface area contributed by atoms with Gasteiger partial charge in [-0.2, -0.15) is 0 Å². The molecule has 1 aliphatic heterocycles. The number of nitrogens with one attached hydrogen (secondary N) is 1. The zero-order valence-electron chi connectivity index (χ0n) is 13.4. The summed E-state index contributed by atoms with van der Waals surface area (Å²) in [7, 11) is 2.15. The molecule has 0 saturated heterocycles. The number of aromatic amines is 1. The predicted octanol–water partition coefficient (Wildman–Crippen LogP) is -0.445. The molecule has 7 heteroatoms. The van der Waals surface area contributed by atoms with E-state index in [4.69, 9.17) is 10.8 Å². The summed E-state index contributed by atoms with van der Waals surface area (Å²) >= 11 is 0. The molecule has 4 N–H and O–H groups in total. The molecule has 2 aliphatic rings. The third kappa shape index (κ3) is 4.12. The van der Waals surface area contributed by atoms with Crippen LogP contribution in [-0.4, -0.2) is 30.6 Å². The van der Waals surface area contributed by atoms with Crippen molar-refractivity contribution in [1.82, 2.24) is 0 Å². The van der Waals surface area contributed by atoms with Crippen LogP contribution in [0.4, 0.5) is 11.5 Å². The summed E-state index contributed by atoms with van der Waals surface area (Å²) in [5.41, 5.74) is 11.5. The number of anilines is 2. The molecular weight excluding hydrogens is 298 g/mol. The van der Waals surface area contributed by atoms with Crippen LogP contribution < -0.4 is 20.7 Å². The molecule has 1 aromatic heterocycles. The van der Waals surface area contributed by atoms with Gasteiger partial charge in [-0.1, -0.05) is 0 Å². The Morgan fingerprint density at radius 2 is 1.91 bits per heavy atom. The van der Waals surface area contributed by atoms with Gasteiger partial charge in [0.1, 0.15) is 5.69 Å². The predicted molar refractivity (Wildman–Crippen MR) is 82.9 cm³/mol. The van der Waals surface area contributed by atoms with Crippen LogP contribution in [0.15, 0.2) is 0 Å². The number of aryl methyl sites for hydroxylation is 1. The topological polar surface area (TPSA) is 121 Å². The van der Waals surface area contributed by atoms with Crippen LogP contribution >= 0.6 is 0 Å². The van der Waals surface area contributed by atoms with E-state index in [-0.39, 0.29) is 6.42 Å². The molecule has 3 rings (SSSR count). The first-order valence-corrected chi connectivity index (χ1v) is 7.88. The number of hydrogen-bond donors (Lipinski definition) is 2. The minimum atomic E-state index is -1.33. The van der Waals surface area contributed by atoms with E-state index < -0.39 is 18.4 Å².